The van der Waals surface area contributed by atoms with E-state index in [0.717, 1.165) is 0 Å². The molecule has 11 heavy (non-hydrogen) atoms. The van der Waals surface area contributed by atoms with E-state index in [9.17, 15) is 4.79 Å². The fourth-order valence-electron chi connectivity index (χ4n) is 0.576. The average molecular weight is 157 g/mol. The molecule has 0 aromatic heterocycles. The first-order valence-electron chi connectivity index (χ1n) is 3.15. The first kappa shape index (κ1) is 9.79. The van der Waals surface area contributed by atoms with Gasteiger partial charge in [0.1, 0.15) is 6.10 Å². The van der Waals surface area contributed by atoms with Crippen LogP contribution in [0.1, 0.15) is 13.3 Å². The van der Waals surface area contributed by atoms with E-state index in [2.05, 4.69) is 10.7 Å². The van der Waals surface area contributed by atoms with Gasteiger partial charge in [0.25, 0.3) is 0 Å². The zero-order valence-corrected chi connectivity index (χ0v) is 6.28. The highest BCUT2D eigenvalue weighted by Crippen LogP contribution is 2.02. The second-order valence-electron chi connectivity index (χ2n) is 2.12. The first-order valence-corrected chi connectivity index (χ1v) is 3.15. The van der Waals surface area contributed by atoms with Gasteiger partial charge in [0.15, 0.2) is 0 Å². The quantitative estimate of drug-likeness (QED) is 0.560. The molecule has 4 nitrogen and oxygen atoms in total. The van der Waals surface area contributed by atoms with Crippen molar-refractivity contribution < 1.29 is 14.6 Å². The minimum absolute atomic E-state index is 0.167. The Morgan fingerprint density at radius 1 is 1.91 bits per heavy atom. The highest BCUT2D eigenvalue weighted by molar-refractivity contribution is 5.64. The van der Waals surface area contributed by atoms with Gasteiger partial charge in [-0.05, 0) is 6.92 Å². The number of primary amides is 1. The van der Waals surface area contributed by atoms with Crippen molar-refractivity contribution >= 4 is 6.09 Å². The standard InChI is InChI=1S/C7H11NO3/c1-3-4-6(5(2)9)11-7(8)10/h1,5-6,9H,4H2,2H3,(H2,8,10)/t5-,6+/m0/s1. The predicted molar refractivity (Wildman–Crippen MR) is 39.6 cm³/mol. The Labute approximate surface area is 65.3 Å². The number of hydrogen-bond acceptors (Lipinski definition) is 3. The summed E-state index contributed by atoms with van der Waals surface area (Å²) in [5.74, 6) is 2.26. The molecule has 0 rings (SSSR count). The van der Waals surface area contributed by atoms with Gasteiger partial charge in [-0.1, -0.05) is 0 Å². The van der Waals surface area contributed by atoms with Gasteiger partial charge in [0, 0.05) is 6.42 Å². The molecule has 2 atom stereocenters. The number of ether oxygens (including phenoxy) is 1. The van der Waals surface area contributed by atoms with Crippen molar-refractivity contribution in [3.05, 3.63) is 0 Å². The van der Waals surface area contributed by atoms with Gasteiger partial charge in [-0.3, -0.25) is 0 Å². The lowest BCUT2D eigenvalue weighted by atomic mass is 10.2. The van der Waals surface area contributed by atoms with Crippen LogP contribution in [0.2, 0.25) is 0 Å². The van der Waals surface area contributed by atoms with Crippen molar-refractivity contribution in [2.75, 3.05) is 0 Å². The number of terminal acetylenes is 1. The zero-order valence-electron chi connectivity index (χ0n) is 6.28. The summed E-state index contributed by atoms with van der Waals surface area (Å²) >= 11 is 0. The summed E-state index contributed by atoms with van der Waals surface area (Å²) in [5.41, 5.74) is 4.72. The minimum Gasteiger partial charge on any atom is -0.443 e. The van der Waals surface area contributed by atoms with Crippen LogP contribution in [-0.2, 0) is 4.74 Å². The minimum atomic E-state index is -0.925. The number of hydrogen-bond donors (Lipinski definition) is 2. The molecule has 0 saturated carbocycles. The molecule has 62 valence electrons. The van der Waals surface area contributed by atoms with Crippen LogP contribution in [0, 0.1) is 12.3 Å². The van der Waals surface area contributed by atoms with Crippen molar-refractivity contribution in [3.8, 4) is 12.3 Å². The fraction of sp³-hybridized carbons (Fsp3) is 0.571. The van der Waals surface area contributed by atoms with E-state index in [-0.39, 0.29) is 6.42 Å². The van der Waals surface area contributed by atoms with Crippen molar-refractivity contribution in [1.82, 2.24) is 0 Å². The maximum absolute atomic E-state index is 10.2. The Morgan fingerprint density at radius 3 is 2.73 bits per heavy atom. The van der Waals surface area contributed by atoms with Crippen LogP contribution < -0.4 is 5.73 Å². The Bertz CT molecular complexity index is 171. The van der Waals surface area contributed by atoms with E-state index in [0.29, 0.717) is 0 Å². The summed E-state index contributed by atoms with van der Waals surface area (Å²) in [6.07, 6.45) is 2.70. The molecule has 4 heteroatoms. The average Bonchev–Trinajstić information content (AvgIpc) is 1.86. The lowest BCUT2D eigenvalue weighted by molar-refractivity contribution is 0.0190. The number of aliphatic hydroxyl groups excluding tert-OH is 1. The van der Waals surface area contributed by atoms with Crippen LogP contribution in [0.5, 0.6) is 0 Å². The maximum Gasteiger partial charge on any atom is 0.404 e. The van der Waals surface area contributed by atoms with Gasteiger partial charge >= 0.3 is 6.09 Å². The lowest BCUT2D eigenvalue weighted by Gasteiger charge is -2.16. The molecule has 0 aromatic rings. The summed E-state index contributed by atoms with van der Waals surface area (Å²) < 4.78 is 4.50. The number of aliphatic hydroxyl groups is 1. The number of carbonyl (C=O) groups is 1. The fourth-order valence-corrected chi connectivity index (χ4v) is 0.576. The smallest absolute Gasteiger partial charge is 0.404 e. The van der Waals surface area contributed by atoms with E-state index >= 15 is 0 Å². The Kier molecular flexibility index (Phi) is 4.08. The van der Waals surface area contributed by atoms with Crippen molar-refractivity contribution in [2.45, 2.75) is 25.6 Å². The molecule has 0 aliphatic carbocycles. The molecule has 0 aliphatic heterocycles. The highest BCUT2D eigenvalue weighted by atomic mass is 16.6. The van der Waals surface area contributed by atoms with Gasteiger partial charge in [-0.2, -0.15) is 0 Å². The van der Waals surface area contributed by atoms with Crippen LogP contribution >= 0.6 is 0 Å². The molecule has 0 unspecified atom stereocenters. The van der Waals surface area contributed by atoms with Crippen molar-refractivity contribution in [1.29, 1.82) is 0 Å². The molecule has 0 saturated heterocycles. The number of carbonyl (C=O) groups excluding carboxylic acids is 1. The second kappa shape index (κ2) is 4.58. The summed E-state index contributed by atoms with van der Waals surface area (Å²) in [4.78, 5) is 10.2. The Balaban J connectivity index is 3.91. The molecule has 0 spiro atoms. The van der Waals surface area contributed by atoms with E-state index in [1.54, 1.807) is 0 Å². The van der Waals surface area contributed by atoms with Gasteiger partial charge in [-0.25, -0.2) is 4.79 Å². The van der Waals surface area contributed by atoms with Gasteiger partial charge < -0.3 is 15.6 Å². The third-order valence-electron chi connectivity index (χ3n) is 1.12. The van der Waals surface area contributed by atoms with E-state index < -0.39 is 18.3 Å². The van der Waals surface area contributed by atoms with Crippen LogP contribution in [0.25, 0.3) is 0 Å². The largest absolute Gasteiger partial charge is 0.443 e. The molecule has 0 aromatic carbocycles. The summed E-state index contributed by atoms with van der Waals surface area (Å²) in [5, 5.41) is 8.96. The topological polar surface area (TPSA) is 72.5 Å². The Hall–Kier alpha value is -1.21. The molecule has 0 fully saturated rings. The van der Waals surface area contributed by atoms with Crippen LogP contribution in [0.15, 0.2) is 0 Å². The molecule has 0 aliphatic rings. The third-order valence-corrected chi connectivity index (χ3v) is 1.12. The zero-order chi connectivity index (χ0) is 8.85. The molecular weight excluding hydrogens is 146 g/mol. The van der Waals surface area contributed by atoms with Crippen molar-refractivity contribution in [2.24, 2.45) is 5.73 Å². The first-order chi connectivity index (χ1) is 5.07. The van der Waals surface area contributed by atoms with E-state index in [1.165, 1.54) is 6.92 Å². The summed E-state index contributed by atoms with van der Waals surface area (Å²) in [6.45, 7) is 1.48. The number of nitrogens with two attached hydrogens (primary N) is 1. The monoisotopic (exact) mass is 157 g/mol. The molecule has 0 radical (unpaired) electrons. The Morgan fingerprint density at radius 2 is 2.45 bits per heavy atom. The number of amides is 1. The van der Waals surface area contributed by atoms with E-state index in [1.807, 2.05) is 0 Å². The maximum atomic E-state index is 10.2. The number of rotatable bonds is 3. The lowest BCUT2D eigenvalue weighted by Crippen LogP contribution is -2.31. The highest BCUT2D eigenvalue weighted by Gasteiger charge is 2.16. The van der Waals surface area contributed by atoms with Gasteiger partial charge in [-0.15, -0.1) is 12.3 Å². The van der Waals surface area contributed by atoms with Gasteiger partial charge in [0.2, 0.25) is 0 Å². The molecular formula is C7H11NO3. The SMILES string of the molecule is C#CC[C@@H](OC(N)=O)[C@H](C)O. The summed E-state index contributed by atoms with van der Waals surface area (Å²) in [6, 6.07) is 0. The van der Waals surface area contributed by atoms with Crippen molar-refractivity contribution in [3.63, 3.8) is 0 Å². The molecule has 0 heterocycles. The molecule has 1 amide bonds. The van der Waals surface area contributed by atoms with Crippen LogP contribution in [-0.4, -0.2) is 23.4 Å². The van der Waals surface area contributed by atoms with E-state index in [4.69, 9.17) is 17.3 Å². The predicted octanol–water partition coefficient (Wildman–Crippen LogP) is -0.146. The van der Waals surface area contributed by atoms with Crippen LogP contribution in [0.4, 0.5) is 4.79 Å². The van der Waals surface area contributed by atoms with Gasteiger partial charge in [0.05, 0.1) is 6.10 Å². The molecule has 3 N–H and O–H groups in total. The normalized spacial score (nSPS) is 14.6. The summed E-state index contributed by atoms with van der Waals surface area (Å²) in [7, 11) is 0. The molecule has 0 bridgehead atoms. The third kappa shape index (κ3) is 4.23. The van der Waals surface area contributed by atoms with Crippen LogP contribution in [0.3, 0.4) is 0 Å². The second-order valence-corrected chi connectivity index (χ2v) is 2.12.